The first-order valence-electron chi connectivity index (χ1n) is 12.9. The van der Waals surface area contributed by atoms with Crippen molar-refractivity contribution in [1.29, 1.82) is 0 Å². The van der Waals surface area contributed by atoms with E-state index in [-0.39, 0.29) is 5.92 Å². The van der Waals surface area contributed by atoms with Gasteiger partial charge in [-0.25, -0.2) is 0 Å². The van der Waals surface area contributed by atoms with Gasteiger partial charge in [0.05, 0.1) is 6.10 Å². The molecular formula is C28H44O2. The number of hydrogen-bond acceptors (Lipinski definition) is 2. The molecule has 0 aromatic rings. The van der Waals surface area contributed by atoms with Crippen LogP contribution in [-0.4, -0.2) is 24.4 Å². The van der Waals surface area contributed by atoms with Gasteiger partial charge in [0, 0.05) is 18.4 Å². The van der Waals surface area contributed by atoms with Gasteiger partial charge in [-0.2, -0.15) is 0 Å². The Hall–Kier alpha value is -0.520. The molecule has 0 heterocycles. The standard InChI is InChI=1S/C28H44O2/c1-17(2)7-10-24(29)18(3)21-8-9-22-20-15-25(30-6)28-16-19(28)11-14-27(28,5)23(20)12-13-26(21,22)4/h17-25,29H,8-9,11-16H2,1-6H3/t18-,19-,20-,21+,22-,23-,24+,25+,26+,27+,28-/m0/s1. The molecule has 5 fully saturated rings. The SMILES string of the molecule is CO[C@@H]1C[C@H]2[C@@H]3CC[C@H]([C@H](C)[C@H](O)C#CC(C)C)[C@@]3(C)CC[C@@H]2[C@@]2(C)CC[C@H]3C[C@]312. The molecule has 0 aliphatic heterocycles. The van der Waals surface area contributed by atoms with Crippen molar-refractivity contribution in [3.63, 3.8) is 0 Å². The highest BCUT2D eigenvalue weighted by molar-refractivity contribution is 5.26. The quantitative estimate of drug-likeness (QED) is 0.582. The van der Waals surface area contributed by atoms with Gasteiger partial charge >= 0.3 is 0 Å². The zero-order valence-electron chi connectivity index (χ0n) is 20.2. The van der Waals surface area contributed by atoms with E-state index >= 15 is 0 Å². The van der Waals surface area contributed by atoms with Crippen molar-refractivity contribution in [3.05, 3.63) is 0 Å². The zero-order valence-corrected chi connectivity index (χ0v) is 20.2. The van der Waals surface area contributed by atoms with E-state index in [1.165, 1.54) is 51.4 Å². The molecule has 5 saturated carbocycles. The Morgan fingerprint density at radius 2 is 1.73 bits per heavy atom. The average Bonchev–Trinajstić information content (AvgIpc) is 3.22. The minimum atomic E-state index is -0.480. The van der Waals surface area contributed by atoms with Crippen LogP contribution in [0.15, 0.2) is 0 Å². The maximum Gasteiger partial charge on any atom is 0.117 e. The summed E-state index contributed by atoms with van der Waals surface area (Å²) in [7, 11) is 1.99. The molecular weight excluding hydrogens is 368 g/mol. The number of ether oxygens (including phenoxy) is 1. The summed E-state index contributed by atoms with van der Waals surface area (Å²) >= 11 is 0. The summed E-state index contributed by atoms with van der Waals surface area (Å²) in [6, 6.07) is 0. The van der Waals surface area contributed by atoms with Gasteiger partial charge in [0.1, 0.15) is 6.10 Å². The lowest BCUT2D eigenvalue weighted by atomic mass is 9.45. The summed E-state index contributed by atoms with van der Waals surface area (Å²) in [4.78, 5) is 0. The molecule has 11 atom stereocenters. The van der Waals surface area contributed by atoms with Crippen molar-refractivity contribution in [2.75, 3.05) is 7.11 Å². The van der Waals surface area contributed by atoms with Crippen molar-refractivity contribution in [3.8, 4) is 11.8 Å². The van der Waals surface area contributed by atoms with Gasteiger partial charge in [-0.1, -0.05) is 46.5 Å². The van der Waals surface area contributed by atoms with Gasteiger partial charge in [0.15, 0.2) is 0 Å². The van der Waals surface area contributed by atoms with Crippen LogP contribution in [-0.2, 0) is 4.74 Å². The van der Waals surface area contributed by atoms with Gasteiger partial charge in [-0.05, 0) is 97.7 Å². The molecule has 5 aliphatic carbocycles. The van der Waals surface area contributed by atoms with Crippen LogP contribution < -0.4 is 0 Å². The first kappa shape index (κ1) is 21.3. The zero-order chi connectivity index (χ0) is 21.5. The molecule has 0 unspecified atom stereocenters. The topological polar surface area (TPSA) is 29.5 Å². The largest absolute Gasteiger partial charge is 0.381 e. The number of rotatable bonds is 3. The van der Waals surface area contributed by atoms with Crippen LogP contribution in [0.5, 0.6) is 0 Å². The normalized spacial score (nSPS) is 53.1. The third-order valence-corrected chi connectivity index (χ3v) is 11.6. The number of aliphatic hydroxyl groups excluding tert-OH is 1. The molecule has 168 valence electrons. The summed E-state index contributed by atoms with van der Waals surface area (Å²) in [5.74, 6) is 11.1. The van der Waals surface area contributed by atoms with E-state index in [9.17, 15) is 5.11 Å². The Morgan fingerprint density at radius 1 is 0.967 bits per heavy atom. The van der Waals surface area contributed by atoms with Crippen LogP contribution in [0, 0.1) is 69.5 Å². The number of fused-ring (bicyclic) bond motifs is 4. The molecule has 5 rings (SSSR count). The highest BCUT2D eigenvalue weighted by Gasteiger charge is 2.77. The van der Waals surface area contributed by atoms with Crippen LogP contribution in [0.2, 0.25) is 0 Å². The van der Waals surface area contributed by atoms with E-state index in [0.717, 1.165) is 23.7 Å². The second kappa shape index (κ2) is 6.99. The molecule has 0 radical (unpaired) electrons. The molecule has 0 aromatic carbocycles. The molecule has 2 heteroatoms. The lowest BCUT2D eigenvalue weighted by Crippen LogP contribution is -2.57. The van der Waals surface area contributed by atoms with E-state index in [1.54, 1.807) is 0 Å². The first-order chi connectivity index (χ1) is 14.2. The molecule has 1 N–H and O–H groups in total. The van der Waals surface area contributed by atoms with Crippen molar-refractivity contribution < 1.29 is 9.84 Å². The fourth-order valence-corrected chi connectivity index (χ4v) is 10.1. The van der Waals surface area contributed by atoms with E-state index < -0.39 is 6.10 Å². The summed E-state index contributed by atoms with van der Waals surface area (Å²) in [5.41, 5.74) is 1.39. The third kappa shape index (κ3) is 2.64. The first-order valence-corrected chi connectivity index (χ1v) is 12.9. The molecule has 0 amide bonds. The summed E-state index contributed by atoms with van der Waals surface area (Å²) in [6.07, 6.45) is 11.0. The van der Waals surface area contributed by atoms with E-state index in [0.29, 0.717) is 34.2 Å². The van der Waals surface area contributed by atoms with Gasteiger partial charge in [-0.15, -0.1) is 0 Å². The van der Waals surface area contributed by atoms with Gasteiger partial charge in [0.25, 0.3) is 0 Å². The highest BCUT2D eigenvalue weighted by atomic mass is 16.5. The van der Waals surface area contributed by atoms with Crippen LogP contribution in [0.4, 0.5) is 0 Å². The van der Waals surface area contributed by atoms with Crippen LogP contribution in [0.3, 0.4) is 0 Å². The van der Waals surface area contributed by atoms with Gasteiger partial charge in [-0.3, -0.25) is 0 Å². The predicted molar refractivity (Wildman–Crippen MR) is 122 cm³/mol. The second-order valence-electron chi connectivity index (χ2n) is 12.7. The van der Waals surface area contributed by atoms with Gasteiger partial charge < -0.3 is 9.84 Å². The van der Waals surface area contributed by atoms with E-state index in [4.69, 9.17) is 4.74 Å². The second-order valence-corrected chi connectivity index (χ2v) is 12.7. The average molecular weight is 413 g/mol. The predicted octanol–water partition coefficient (Wildman–Crippen LogP) is 5.93. The third-order valence-electron chi connectivity index (χ3n) is 11.6. The van der Waals surface area contributed by atoms with Gasteiger partial charge in [0.2, 0.25) is 0 Å². The minimum Gasteiger partial charge on any atom is -0.381 e. The van der Waals surface area contributed by atoms with Crippen LogP contribution in [0.1, 0.15) is 86.0 Å². The Kier molecular flexibility index (Phi) is 4.97. The molecule has 0 aromatic heterocycles. The Labute approximate surface area is 184 Å². The van der Waals surface area contributed by atoms with Crippen LogP contribution >= 0.6 is 0 Å². The molecule has 0 saturated heterocycles. The highest BCUT2D eigenvalue weighted by Crippen LogP contribution is 2.82. The molecule has 0 bridgehead atoms. The lowest BCUT2D eigenvalue weighted by Gasteiger charge is -2.61. The fourth-order valence-electron chi connectivity index (χ4n) is 10.1. The molecule has 2 nitrogen and oxygen atoms in total. The van der Waals surface area contributed by atoms with E-state index in [2.05, 4.69) is 46.5 Å². The Morgan fingerprint density at radius 3 is 2.40 bits per heavy atom. The minimum absolute atomic E-state index is 0.269. The number of hydrogen-bond donors (Lipinski definition) is 1. The van der Waals surface area contributed by atoms with Crippen molar-refractivity contribution in [2.24, 2.45) is 57.7 Å². The number of methoxy groups -OCH3 is 1. The summed E-state index contributed by atoms with van der Waals surface area (Å²) in [6.45, 7) is 11.7. The van der Waals surface area contributed by atoms with Crippen molar-refractivity contribution in [1.82, 2.24) is 0 Å². The smallest absolute Gasteiger partial charge is 0.117 e. The monoisotopic (exact) mass is 412 g/mol. The maximum absolute atomic E-state index is 10.9. The lowest BCUT2D eigenvalue weighted by molar-refractivity contribution is -0.162. The Balaban J connectivity index is 1.40. The molecule has 30 heavy (non-hydrogen) atoms. The maximum atomic E-state index is 10.9. The van der Waals surface area contributed by atoms with Crippen LogP contribution in [0.25, 0.3) is 0 Å². The summed E-state index contributed by atoms with van der Waals surface area (Å²) in [5, 5.41) is 10.9. The summed E-state index contributed by atoms with van der Waals surface area (Å²) < 4.78 is 6.25. The molecule has 1 spiro atoms. The number of aliphatic hydroxyl groups is 1. The fraction of sp³-hybridized carbons (Fsp3) is 0.929. The van der Waals surface area contributed by atoms with E-state index in [1.807, 2.05) is 7.11 Å². The molecule has 5 aliphatic rings. The van der Waals surface area contributed by atoms with Crippen molar-refractivity contribution in [2.45, 2.75) is 98.2 Å². The van der Waals surface area contributed by atoms with Crippen molar-refractivity contribution >= 4 is 0 Å². The Bertz CT molecular complexity index is 747.